The number of hydrogen-bond donors (Lipinski definition) is 2. The van der Waals surface area contributed by atoms with Crippen molar-refractivity contribution in [3.8, 4) is 17.4 Å². The average Bonchev–Trinajstić information content (AvgIpc) is 2.99. The van der Waals surface area contributed by atoms with Crippen LogP contribution in [0.5, 0.6) is 17.4 Å². The second kappa shape index (κ2) is 12.9. The SMILES string of the molecule is C=CC(=O)Nc1cc(Nc2cc(O[C@H]3Cc4cc5ccc(=O)oc5cc4OC3(C)C)ncn2)c(OC)cc1N(C)CCN(C)C. The van der Waals surface area contributed by atoms with E-state index < -0.39 is 11.2 Å². The topological polar surface area (TPSA) is 131 Å². The number of nitrogens with one attached hydrogen (secondary N) is 2. The maximum Gasteiger partial charge on any atom is 0.336 e. The summed E-state index contributed by atoms with van der Waals surface area (Å²) in [5.41, 5.74) is 2.23. The predicted octanol–water partition coefficient (Wildman–Crippen LogP) is 4.62. The lowest BCUT2D eigenvalue weighted by Gasteiger charge is -2.39. The van der Waals surface area contributed by atoms with Gasteiger partial charge in [0.2, 0.25) is 11.8 Å². The Morgan fingerprint density at radius 2 is 1.91 bits per heavy atom. The number of carbonyl (C=O) groups excluding carboxylic acids is 1. The molecule has 5 rings (SSSR count). The number of hydrogen-bond acceptors (Lipinski definition) is 11. The van der Waals surface area contributed by atoms with Crippen LogP contribution in [0.15, 0.2) is 70.7 Å². The highest BCUT2D eigenvalue weighted by Gasteiger charge is 2.39. The second-order valence-corrected chi connectivity index (χ2v) is 11.6. The van der Waals surface area contributed by atoms with Crippen molar-refractivity contribution in [1.82, 2.24) is 14.9 Å². The highest BCUT2D eigenvalue weighted by atomic mass is 16.6. The van der Waals surface area contributed by atoms with Gasteiger partial charge in [-0.25, -0.2) is 14.8 Å². The summed E-state index contributed by atoms with van der Waals surface area (Å²) in [6, 6.07) is 12.2. The fourth-order valence-electron chi connectivity index (χ4n) is 5.04. The molecule has 1 aliphatic rings. The molecule has 0 bridgehead atoms. The molecule has 0 fully saturated rings. The highest BCUT2D eigenvalue weighted by Crippen LogP contribution is 2.40. The summed E-state index contributed by atoms with van der Waals surface area (Å²) in [6.07, 6.45) is 2.80. The number of aromatic nitrogens is 2. The van der Waals surface area contributed by atoms with Crippen LogP contribution in [-0.4, -0.2) is 73.8 Å². The number of amides is 1. The van der Waals surface area contributed by atoms with Crippen molar-refractivity contribution in [2.24, 2.45) is 0 Å². The summed E-state index contributed by atoms with van der Waals surface area (Å²) < 4.78 is 23.8. The highest BCUT2D eigenvalue weighted by molar-refractivity contribution is 6.02. The number of ether oxygens (including phenoxy) is 3. The van der Waals surface area contributed by atoms with Gasteiger partial charge >= 0.3 is 5.63 Å². The molecular weight excluding hydrogens is 576 g/mol. The van der Waals surface area contributed by atoms with Crippen LogP contribution in [0.2, 0.25) is 0 Å². The van der Waals surface area contributed by atoms with E-state index in [-0.39, 0.29) is 12.0 Å². The molecule has 45 heavy (non-hydrogen) atoms. The van der Waals surface area contributed by atoms with Gasteiger partial charge in [0.1, 0.15) is 40.9 Å². The van der Waals surface area contributed by atoms with E-state index in [1.54, 1.807) is 31.4 Å². The molecule has 3 heterocycles. The summed E-state index contributed by atoms with van der Waals surface area (Å²) >= 11 is 0. The number of carbonyl (C=O) groups is 1. The van der Waals surface area contributed by atoms with Gasteiger partial charge in [-0.15, -0.1) is 0 Å². The predicted molar refractivity (Wildman–Crippen MR) is 174 cm³/mol. The largest absolute Gasteiger partial charge is 0.494 e. The van der Waals surface area contributed by atoms with Crippen molar-refractivity contribution in [1.29, 1.82) is 0 Å². The Morgan fingerprint density at radius 3 is 2.64 bits per heavy atom. The molecule has 236 valence electrons. The molecular formula is C33H38N6O6. The fraction of sp³-hybridized carbons (Fsp3) is 0.333. The van der Waals surface area contributed by atoms with Crippen molar-refractivity contribution < 1.29 is 23.4 Å². The standard InChI is InChI=1S/C33H38N6O6/c1-8-30(40)37-22-15-23(27(42-7)16-24(22)39(6)12-11-38(4)5)36-29-18-31(35-19-34-29)44-28-14-21-13-20-9-10-32(41)43-25(20)17-26(21)45-33(28,2)3/h8-10,13,15-19,28H,1,11-12,14H2,2-7H3,(H,37,40)(H,34,35,36)/t28-/m0/s1. The smallest absolute Gasteiger partial charge is 0.336 e. The van der Waals surface area contributed by atoms with Crippen LogP contribution in [0.3, 0.4) is 0 Å². The zero-order chi connectivity index (χ0) is 32.3. The molecule has 1 amide bonds. The number of fused-ring (bicyclic) bond motifs is 2. The Hall–Kier alpha value is -5.10. The van der Waals surface area contributed by atoms with Gasteiger partial charge in [-0.3, -0.25) is 4.79 Å². The first-order chi connectivity index (χ1) is 21.4. The molecule has 0 saturated heterocycles. The van der Waals surface area contributed by atoms with E-state index in [1.165, 1.54) is 18.5 Å². The lowest BCUT2D eigenvalue weighted by molar-refractivity contribution is -0.111. The zero-order valence-corrected chi connectivity index (χ0v) is 26.3. The molecule has 2 N–H and O–H groups in total. The molecule has 0 radical (unpaired) electrons. The molecule has 1 aliphatic heterocycles. The van der Waals surface area contributed by atoms with Crippen LogP contribution >= 0.6 is 0 Å². The molecule has 12 nitrogen and oxygen atoms in total. The first-order valence-corrected chi connectivity index (χ1v) is 14.5. The Labute approximate surface area is 261 Å². The van der Waals surface area contributed by atoms with Gasteiger partial charge in [-0.2, -0.15) is 0 Å². The second-order valence-electron chi connectivity index (χ2n) is 11.6. The molecule has 2 aromatic carbocycles. The third kappa shape index (κ3) is 7.18. The number of nitrogens with zero attached hydrogens (tertiary/aromatic N) is 4. The van der Waals surface area contributed by atoms with E-state index in [2.05, 4.69) is 32.1 Å². The quantitative estimate of drug-likeness (QED) is 0.181. The van der Waals surface area contributed by atoms with Crippen LogP contribution in [-0.2, 0) is 11.2 Å². The van der Waals surface area contributed by atoms with Gasteiger partial charge in [0.25, 0.3) is 0 Å². The van der Waals surface area contributed by atoms with Crippen LogP contribution < -0.4 is 35.4 Å². The first kappa shape index (κ1) is 31.3. The minimum absolute atomic E-state index is 0.331. The summed E-state index contributed by atoms with van der Waals surface area (Å²) in [6.45, 7) is 9.01. The lowest BCUT2D eigenvalue weighted by atomic mass is 9.90. The average molecular weight is 615 g/mol. The van der Waals surface area contributed by atoms with E-state index in [0.29, 0.717) is 46.6 Å². The lowest BCUT2D eigenvalue weighted by Crippen LogP contribution is -2.49. The van der Waals surface area contributed by atoms with Crippen LogP contribution in [0.1, 0.15) is 19.4 Å². The number of methoxy groups -OCH3 is 1. The molecule has 0 spiro atoms. The van der Waals surface area contributed by atoms with E-state index in [4.69, 9.17) is 18.6 Å². The fourth-order valence-corrected chi connectivity index (χ4v) is 5.04. The van der Waals surface area contributed by atoms with Crippen molar-refractivity contribution in [2.75, 3.05) is 56.9 Å². The molecule has 2 aromatic heterocycles. The van der Waals surface area contributed by atoms with Crippen molar-refractivity contribution >= 4 is 39.8 Å². The van der Waals surface area contributed by atoms with E-state index >= 15 is 0 Å². The van der Waals surface area contributed by atoms with Gasteiger partial charge in [0, 0.05) is 56.2 Å². The molecule has 12 heteroatoms. The maximum absolute atomic E-state index is 12.3. The third-order valence-corrected chi connectivity index (χ3v) is 7.58. The van der Waals surface area contributed by atoms with Crippen molar-refractivity contribution in [3.63, 3.8) is 0 Å². The molecule has 0 saturated carbocycles. The number of benzene rings is 2. The molecule has 0 aliphatic carbocycles. The Morgan fingerprint density at radius 1 is 1.11 bits per heavy atom. The van der Waals surface area contributed by atoms with Gasteiger partial charge in [-0.1, -0.05) is 6.58 Å². The van der Waals surface area contributed by atoms with Gasteiger partial charge in [0.05, 0.1) is 24.2 Å². The Kier molecular flexibility index (Phi) is 8.96. The Bertz CT molecular complexity index is 1790. The van der Waals surface area contributed by atoms with Crippen LogP contribution in [0.25, 0.3) is 11.0 Å². The first-order valence-electron chi connectivity index (χ1n) is 14.5. The van der Waals surface area contributed by atoms with Gasteiger partial charge in [-0.05, 0) is 57.8 Å². The van der Waals surface area contributed by atoms with E-state index in [0.717, 1.165) is 29.7 Å². The van der Waals surface area contributed by atoms with Gasteiger partial charge < -0.3 is 39.1 Å². The zero-order valence-electron chi connectivity index (χ0n) is 26.3. The third-order valence-electron chi connectivity index (χ3n) is 7.58. The number of likely N-dealkylation sites (N-methyl/N-ethyl adjacent to an activating group) is 2. The summed E-state index contributed by atoms with van der Waals surface area (Å²) in [7, 11) is 7.55. The van der Waals surface area contributed by atoms with Gasteiger partial charge in [0.15, 0.2) is 0 Å². The van der Waals surface area contributed by atoms with E-state index in [9.17, 15) is 9.59 Å². The monoisotopic (exact) mass is 614 g/mol. The summed E-state index contributed by atoms with van der Waals surface area (Å²) in [5.74, 6) is 1.69. The summed E-state index contributed by atoms with van der Waals surface area (Å²) in [4.78, 5) is 36.9. The molecule has 0 unspecified atom stereocenters. The Balaban J connectivity index is 1.39. The normalized spacial score (nSPS) is 15.1. The summed E-state index contributed by atoms with van der Waals surface area (Å²) in [5, 5.41) is 6.99. The van der Waals surface area contributed by atoms with Crippen molar-refractivity contribution in [2.45, 2.75) is 32.0 Å². The minimum Gasteiger partial charge on any atom is -0.494 e. The maximum atomic E-state index is 12.3. The number of anilines is 4. The van der Waals surface area contributed by atoms with E-state index in [1.807, 2.05) is 52.0 Å². The van der Waals surface area contributed by atoms with Crippen LogP contribution in [0, 0.1) is 0 Å². The van der Waals surface area contributed by atoms with Crippen molar-refractivity contribution in [3.05, 3.63) is 77.4 Å². The van der Waals surface area contributed by atoms with Crippen LogP contribution in [0.4, 0.5) is 22.9 Å². The molecule has 4 aromatic rings. The molecule has 1 atom stereocenters. The number of rotatable bonds is 11. The minimum atomic E-state index is -0.718.